The monoisotopic (exact) mass is 344 g/mol. The van der Waals surface area contributed by atoms with Crippen molar-refractivity contribution in [3.8, 4) is 0 Å². The molecule has 1 aliphatic heterocycles. The number of pyridine rings is 1. The number of rotatable bonds is 5. The maximum absolute atomic E-state index is 10.9. The van der Waals surface area contributed by atoms with Gasteiger partial charge in [-0.1, -0.05) is 12.1 Å². The Hall–Kier alpha value is -2.12. The third kappa shape index (κ3) is 4.24. The minimum atomic E-state index is -0.413. The number of aromatic nitrogens is 1. The largest absolute Gasteiger partial charge is 0.340 e. The number of thioether (sulfide) groups is 1. The van der Waals surface area contributed by atoms with Crippen molar-refractivity contribution in [2.75, 3.05) is 29.9 Å². The van der Waals surface area contributed by atoms with E-state index in [0.717, 1.165) is 25.3 Å². The minimum Gasteiger partial charge on any atom is -0.340 e. The number of nitrogens with one attached hydrogen (secondary N) is 1. The highest BCUT2D eigenvalue weighted by Crippen LogP contribution is 2.22. The molecule has 7 heteroatoms. The van der Waals surface area contributed by atoms with Crippen molar-refractivity contribution in [1.29, 1.82) is 0 Å². The van der Waals surface area contributed by atoms with Gasteiger partial charge in [0, 0.05) is 42.4 Å². The molecule has 2 heterocycles. The van der Waals surface area contributed by atoms with Gasteiger partial charge >= 0.3 is 0 Å². The van der Waals surface area contributed by atoms with Crippen LogP contribution < -0.4 is 5.32 Å². The summed E-state index contributed by atoms with van der Waals surface area (Å²) in [5.74, 6) is 3.01. The maximum atomic E-state index is 10.9. The van der Waals surface area contributed by atoms with Gasteiger partial charge in [0.05, 0.1) is 4.92 Å². The average molecular weight is 344 g/mol. The zero-order valence-electron chi connectivity index (χ0n) is 13.6. The molecule has 126 valence electrons. The van der Waals surface area contributed by atoms with Crippen molar-refractivity contribution in [3.05, 3.63) is 57.8 Å². The van der Waals surface area contributed by atoms with Crippen LogP contribution in [-0.2, 0) is 6.54 Å². The van der Waals surface area contributed by atoms with Crippen molar-refractivity contribution < 1.29 is 4.92 Å². The predicted molar refractivity (Wildman–Crippen MR) is 98.0 cm³/mol. The molecule has 0 atom stereocenters. The van der Waals surface area contributed by atoms with Gasteiger partial charge in [-0.3, -0.25) is 15.0 Å². The first-order valence-corrected chi connectivity index (χ1v) is 9.04. The standard InChI is InChI=1S/C17H20N4O2S/c1-13-9-17(18-11-16(13)21(22)23)19-15-4-2-3-14(10-15)12-20-5-7-24-8-6-20/h2-4,9-11H,5-8,12H2,1H3,(H,18,19). The summed E-state index contributed by atoms with van der Waals surface area (Å²) in [5.41, 5.74) is 2.84. The van der Waals surface area contributed by atoms with Gasteiger partial charge in [0.2, 0.25) is 0 Å². The fourth-order valence-electron chi connectivity index (χ4n) is 2.72. The van der Waals surface area contributed by atoms with E-state index in [1.54, 1.807) is 13.0 Å². The van der Waals surface area contributed by atoms with E-state index < -0.39 is 4.92 Å². The highest BCUT2D eigenvalue weighted by Gasteiger charge is 2.13. The third-order valence-electron chi connectivity index (χ3n) is 3.99. The van der Waals surface area contributed by atoms with Crippen LogP contribution in [0.4, 0.5) is 17.2 Å². The molecule has 0 radical (unpaired) electrons. The summed E-state index contributed by atoms with van der Waals surface area (Å²) in [6, 6.07) is 9.94. The van der Waals surface area contributed by atoms with Crippen molar-refractivity contribution in [2.45, 2.75) is 13.5 Å². The van der Waals surface area contributed by atoms with Gasteiger partial charge in [-0.15, -0.1) is 0 Å². The van der Waals surface area contributed by atoms with Crippen molar-refractivity contribution in [3.63, 3.8) is 0 Å². The molecule has 1 saturated heterocycles. The zero-order chi connectivity index (χ0) is 16.9. The first kappa shape index (κ1) is 16.7. The number of hydrogen-bond donors (Lipinski definition) is 1. The highest BCUT2D eigenvalue weighted by atomic mass is 32.2. The topological polar surface area (TPSA) is 71.3 Å². The van der Waals surface area contributed by atoms with Gasteiger partial charge in [-0.05, 0) is 30.7 Å². The Bertz CT molecular complexity index is 732. The molecule has 6 nitrogen and oxygen atoms in total. The van der Waals surface area contributed by atoms with Crippen LogP contribution in [-0.4, -0.2) is 39.4 Å². The van der Waals surface area contributed by atoms with E-state index in [2.05, 4.69) is 27.3 Å². The van der Waals surface area contributed by atoms with E-state index in [0.29, 0.717) is 11.4 Å². The molecular formula is C17H20N4O2S. The van der Waals surface area contributed by atoms with Crippen LogP contribution in [0.15, 0.2) is 36.5 Å². The van der Waals surface area contributed by atoms with E-state index in [4.69, 9.17) is 0 Å². The molecule has 1 aromatic heterocycles. The Kier molecular flexibility index (Phi) is 5.32. The summed E-state index contributed by atoms with van der Waals surface area (Å²) in [5, 5.41) is 14.1. The van der Waals surface area contributed by atoms with Crippen molar-refractivity contribution >= 4 is 29.0 Å². The number of benzene rings is 1. The first-order chi connectivity index (χ1) is 11.6. The lowest BCUT2D eigenvalue weighted by atomic mass is 10.2. The Labute approximate surface area is 145 Å². The second kappa shape index (κ2) is 7.63. The summed E-state index contributed by atoms with van der Waals surface area (Å²) in [6.07, 6.45) is 1.30. The lowest BCUT2D eigenvalue weighted by molar-refractivity contribution is -0.385. The van der Waals surface area contributed by atoms with E-state index in [9.17, 15) is 10.1 Å². The third-order valence-corrected chi connectivity index (χ3v) is 4.93. The summed E-state index contributed by atoms with van der Waals surface area (Å²) in [6.45, 7) is 4.93. The second-order valence-corrected chi connectivity index (χ2v) is 7.05. The van der Waals surface area contributed by atoms with Crippen LogP contribution in [0, 0.1) is 17.0 Å². The van der Waals surface area contributed by atoms with Crippen LogP contribution in [0.3, 0.4) is 0 Å². The lowest BCUT2D eigenvalue weighted by Crippen LogP contribution is -2.31. The summed E-state index contributed by atoms with van der Waals surface area (Å²) >= 11 is 2.01. The Morgan fingerprint density at radius 1 is 1.33 bits per heavy atom. The van der Waals surface area contributed by atoms with Gasteiger partial charge in [-0.2, -0.15) is 11.8 Å². The van der Waals surface area contributed by atoms with Crippen molar-refractivity contribution in [1.82, 2.24) is 9.88 Å². The van der Waals surface area contributed by atoms with Gasteiger partial charge < -0.3 is 5.32 Å². The summed E-state index contributed by atoms with van der Waals surface area (Å²) < 4.78 is 0. The van der Waals surface area contributed by atoms with Crippen LogP contribution in [0.5, 0.6) is 0 Å². The fourth-order valence-corrected chi connectivity index (χ4v) is 3.70. The number of anilines is 2. The van der Waals surface area contributed by atoms with Crippen LogP contribution in [0.25, 0.3) is 0 Å². The molecule has 2 aromatic rings. The molecule has 1 aliphatic rings. The smallest absolute Gasteiger partial charge is 0.290 e. The number of aryl methyl sites for hydroxylation is 1. The number of nitrogens with zero attached hydrogens (tertiary/aromatic N) is 3. The number of nitro groups is 1. The summed E-state index contributed by atoms with van der Waals surface area (Å²) in [7, 11) is 0. The normalized spacial score (nSPS) is 15.2. The highest BCUT2D eigenvalue weighted by molar-refractivity contribution is 7.99. The van der Waals surface area contributed by atoms with Crippen LogP contribution >= 0.6 is 11.8 Å². The zero-order valence-corrected chi connectivity index (χ0v) is 14.4. The van der Waals surface area contributed by atoms with Gasteiger partial charge in [0.15, 0.2) is 0 Å². The van der Waals surface area contributed by atoms with Gasteiger partial charge in [-0.25, -0.2) is 4.98 Å². The molecule has 0 bridgehead atoms. The van der Waals surface area contributed by atoms with E-state index in [-0.39, 0.29) is 5.69 Å². The molecule has 0 saturated carbocycles. The molecule has 1 fully saturated rings. The first-order valence-electron chi connectivity index (χ1n) is 7.89. The molecule has 3 rings (SSSR count). The molecule has 0 unspecified atom stereocenters. The number of hydrogen-bond acceptors (Lipinski definition) is 6. The van der Waals surface area contributed by atoms with E-state index >= 15 is 0 Å². The average Bonchev–Trinajstić information content (AvgIpc) is 2.56. The van der Waals surface area contributed by atoms with Crippen LogP contribution in [0.1, 0.15) is 11.1 Å². The molecular weight excluding hydrogens is 324 g/mol. The molecule has 0 aliphatic carbocycles. The Balaban J connectivity index is 1.70. The lowest BCUT2D eigenvalue weighted by Gasteiger charge is -2.26. The summed E-state index contributed by atoms with van der Waals surface area (Å²) in [4.78, 5) is 17.0. The Morgan fingerprint density at radius 3 is 2.83 bits per heavy atom. The second-order valence-electron chi connectivity index (χ2n) is 5.83. The SMILES string of the molecule is Cc1cc(Nc2cccc(CN3CCSCC3)c2)ncc1[N+](=O)[O-]. The fraction of sp³-hybridized carbons (Fsp3) is 0.353. The predicted octanol–water partition coefficient (Wildman–Crippen LogP) is 3.59. The maximum Gasteiger partial charge on any atom is 0.290 e. The van der Waals surface area contributed by atoms with E-state index in [1.807, 2.05) is 23.9 Å². The molecule has 1 aromatic carbocycles. The molecule has 0 amide bonds. The minimum absolute atomic E-state index is 0.0391. The van der Waals surface area contributed by atoms with Gasteiger partial charge in [0.1, 0.15) is 12.0 Å². The quantitative estimate of drug-likeness (QED) is 0.660. The molecule has 1 N–H and O–H groups in total. The Morgan fingerprint density at radius 2 is 2.12 bits per heavy atom. The van der Waals surface area contributed by atoms with Crippen LogP contribution in [0.2, 0.25) is 0 Å². The van der Waals surface area contributed by atoms with E-state index in [1.165, 1.54) is 23.3 Å². The molecule has 24 heavy (non-hydrogen) atoms. The van der Waals surface area contributed by atoms with Crippen molar-refractivity contribution in [2.24, 2.45) is 0 Å². The molecule has 0 spiro atoms. The van der Waals surface area contributed by atoms with Gasteiger partial charge in [0.25, 0.3) is 5.69 Å².